The number of nitrogens with one attached hydrogen (secondary N) is 2. The Morgan fingerprint density at radius 2 is 1.91 bits per heavy atom. The number of rotatable bonds is 7. The second kappa shape index (κ2) is 10.4. The van der Waals surface area contributed by atoms with Crippen molar-refractivity contribution in [2.45, 2.75) is 38.0 Å². The van der Waals surface area contributed by atoms with E-state index in [2.05, 4.69) is 15.0 Å². The molecule has 1 amide bonds. The van der Waals surface area contributed by atoms with E-state index in [1.54, 1.807) is 43.3 Å². The van der Waals surface area contributed by atoms with E-state index < -0.39 is 10.0 Å². The van der Waals surface area contributed by atoms with E-state index >= 15 is 0 Å². The Kier molecular flexibility index (Phi) is 7.57. The number of thiazole rings is 1. The van der Waals surface area contributed by atoms with Gasteiger partial charge in [-0.2, -0.15) is 0 Å². The number of sulfonamides is 1. The number of anilines is 2. The maximum absolute atomic E-state index is 13.1. The summed E-state index contributed by atoms with van der Waals surface area (Å²) < 4.78 is 34.2. The summed E-state index contributed by atoms with van der Waals surface area (Å²) in [4.78, 5) is 17.9. The monoisotopic (exact) mass is 519 g/mol. The number of nitrogens with zero attached hydrogens (tertiary/aromatic N) is 1. The zero-order chi connectivity index (χ0) is 24.3. The molecule has 2 heterocycles. The number of aromatic nitrogens is 1. The van der Waals surface area contributed by atoms with Crippen LogP contribution >= 0.6 is 22.9 Å². The lowest BCUT2D eigenvalue weighted by Gasteiger charge is -2.20. The Hall–Kier alpha value is -2.46. The summed E-state index contributed by atoms with van der Waals surface area (Å²) in [5.41, 5.74) is 2.36. The fourth-order valence-corrected chi connectivity index (χ4v) is 6.44. The predicted octanol–water partition coefficient (Wildman–Crippen LogP) is 5.64. The van der Waals surface area contributed by atoms with Crippen molar-refractivity contribution in [2.24, 2.45) is 5.92 Å². The average Bonchev–Trinajstić information content (AvgIpc) is 3.15. The Morgan fingerprint density at radius 3 is 2.65 bits per heavy atom. The van der Waals surface area contributed by atoms with Crippen LogP contribution in [0.4, 0.5) is 10.8 Å². The maximum atomic E-state index is 13.1. The number of ether oxygens (including phenoxy) is 1. The molecule has 34 heavy (non-hydrogen) atoms. The number of amides is 1. The summed E-state index contributed by atoms with van der Waals surface area (Å²) in [5.74, 6) is 0.257. The van der Waals surface area contributed by atoms with Crippen LogP contribution in [0.1, 0.15) is 30.5 Å². The highest BCUT2D eigenvalue weighted by atomic mass is 35.5. The second-order valence-corrected chi connectivity index (χ2v) is 11.4. The molecule has 10 heteroatoms. The minimum Gasteiger partial charge on any atom is -0.381 e. The number of hydrogen-bond donors (Lipinski definition) is 2. The molecule has 0 bridgehead atoms. The molecule has 180 valence electrons. The zero-order valence-corrected chi connectivity index (χ0v) is 21.3. The predicted molar refractivity (Wildman–Crippen MR) is 136 cm³/mol. The van der Waals surface area contributed by atoms with Gasteiger partial charge in [0.1, 0.15) is 0 Å². The van der Waals surface area contributed by atoms with Crippen LogP contribution in [0.3, 0.4) is 0 Å². The van der Waals surface area contributed by atoms with E-state index in [0.29, 0.717) is 52.5 Å². The minimum absolute atomic E-state index is 0.0664. The van der Waals surface area contributed by atoms with Gasteiger partial charge in [-0.1, -0.05) is 47.2 Å². The van der Waals surface area contributed by atoms with Crippen molar-refractivity contribution in [2.75, 3.05) is 23.3 Å². The largest absolute Gasteiger partial charge is 0.381 e. The second-order valence-electron chi connectivity index (χ2n) is 8.31. The molecule has 2 N–H and O–H groups in total. The highest BCUT2D eigenvalue weighted by Crippen LogP contribution is 2.35. The summed E-state index contributed by atoms with van der Waals surface area (Å²) in [5, 5.41) is 3.72. The summed E-state index contributed by atoms with van der Waals surface area (Å²) in [6, 6.07) is 11.9. The van der Waals surface area contributed by atoms with Gasteiger partial charge in [-0.15, -0.1) is 0 Å². The molecule has 1 aliphatic heterocycles. The molecule has 0 unspecified atom stereocenters. The highest BCUT2D eigenvalue weighted by Gasteiger charge is 2.22. The van der Waals surface area contributed by atoms with Crippen molar-refractivity contribution in [3.8, 4) is 10.4 Å². The first-order chi connectivity index (χ1) is 16.2. The van der Waals surface area contributed by atoms with Crippen LogP contribution in [0, 0.1) is 19.8 Å². The number of hydrogen-bond acceptors (Lipinski definition) is 6. The van der Waals surface area contributed by atoms with Gasteiger partial charge >= 0.3 is 0 Å². The third-order valence-corrected chi connectivity index (χ3v) is 8.67. The summed E-state index contributed by atoms with van der Waals surface area (Å²) in [7, 11) is -3.87. The molecular weight excluding hydrogens is 494 g/mol. The average molecular weight is 520 g/mol. The number of carbonyl (C=O) groups is 1. The fourth-order valence-electron chi connectivity index (χ4n) is 3.88. The van der Waals surface area contributed by atoms with Crippen LogP contribution in [-0.4, -0.2) is 32.5 Å². The zero-order valence-electron chi connectivity index (χ0n) is 18.9. The third kappa shape index (κ3) is 5.78. The van der Waals surface area contributed by atoms with Crippen LogP contribution in [0.15, 0.2) is 47.4 Å². The van der Waals surface area contributed by atoms with Gasteiger partial charge in [-0.25, -0.2) is 13.4 Å². The Bertz CT molecular complexity index is 1300. The quantitative estimate of drug-likeness (QED) is 0.421. The topological polar surface area (TPSA) is 97.4 Å². The van der Waals surface area contributed by atoms with Crippen molar-refractivity contribution in [3.63, 3.8) is 0 Å². The number of carbonyl (C=O) groups excluding carboxylic acids is 1. The summed E-state index contributed by atoms with van der Waals surface area (Å²) in [6.45, 7) is 4.98. The van der Waals surface area contributed by atoms with Gasteiger partial charge in [0.05, 0.1) is 26.2 Å². The van der Waals surface area contributed by atoms with E-state index in [-0.39, 0.29) is 10.8 Å². The summed E-state index contributed by atoms with van der Waals surface area (Å²) in [6.07, 6.45) is 2.22. The van der Waals surface area contributed by atoms with Crippen molar-refractivity contribution < 1.29 is 17.9 Å². The molecule has 3 aromatic rings. The first kappa shape index (κ1) is 24.7. The molecule has 0 atom stereocenters. The Balaban J connectivity index is 1.55. The van der Waals surface area contributed by atoms with Gasteiger partial charge in [-0.3, -0.25) is 9.52 Å². The molecule has 7 nitrogen and oxygen atoms in total. The third-order valence-electron chi connectivity index (χ3n) is 5.72. The smallest absolute Gasteiger partial charge is 0.262 e. The van der Waals surface area contributed by atoms with Gasteiger partial charge in [-0.05, 0) is 61.9 Å². The molecular formula is C24H26ClN3O4S2. The van der Waals surface area contributed by atoms with E-state index in [0.717, 1.165) is 23.4 Å². The number of halogens is 1. The maximum Gasteiger partial charge on any atom is 0.262 e. The first-order valence-corrected chi connectivity index (χ1v) is 13.6. The van der Waals surface area contributed by atoms with Crippen molar-refractivity contribution >= 4 is 49.7 Å². The standard InChI is InChI=1S/C24H26ClN3O4S2/c1-15-7-8-18(14-21(15)34(30,31)28-20-6-4-3-5-19(20)25)23-16(2)26-24(33-23)27-22(29)13-17-9-11-32-12-10-17/h3-8,14,17,28H,9-13H2,1-2H3,(H,26,27,29). The van der Waals surface area contributed by atoms with Crippen molar-refractivity contribution in [3.05, 3.63) is 58.7 Å². The molecule has 4 rings (SSSR count). The Morgan fingerprint density at radius 1 is 1.18 bits per heavy atom. The van der Waals surface area contributed by atoms with E-state index in [1.165, 1.54) is 11.3 Å². The number of aryl methyl sites for hydroxylation is 2. The lowest BCUT2D eigenvalue weighted by molar-refractivity contribution is -0.117. The molecule has 0 saturated carbocycles. The molecule has 1 saturated heterocycles. The molecule has 0 spiro atoms. The fraction of sp³-hybridized carbons (Fsp3) is 0.333. The van der Waals surface area contributed by atoms with E-state index in [4.69, 9.17) is 16.3 Å². The normalized spacial score (nSPS) is 14.7. The van der Waals surface area contributed by atoms with Crippen LogP contribution in [0.5, 0.6) is 0 Å². The van der Waals surface area contributed by atoms with E-state index in [9.17, 15) is 13.2 Å². The lowest BCUT2D eigenvalue weighted by Crippen LogP contribution is -2.22. The summed E-state index contributed by atoms with van der Waals surface area (Å²) >= 11 is 7.47. The van der Waals surface area contributed by atoms with Gasteiger partial charge in [0.25, 0.3) is 10.0 Å². The molecule has 2 aromatic carbocycles. The molecule has 1 aliphatic rings. The van der Waals surface area contributed by atoms with Gasteiger partial charge in [0.15, 0.2) is 5.13 Å². The highest BCUT2D eigenvalue weighted by molar-refractivity contribution is 7.92. The van der Waals surface area contributed by atoms with Gasteiger partial charge < -0.3 is 10.1 Å². The molecule has 1 fully saturated rings. The van der Waals surface area contributed by atoms with Crippen LogP contribution in [-0.2, 0) is 19.6 Å². The first-order valence-electron chi connectivity index (χ1n) is 11.0. The molecule has 1 aromatic heterocycles. The number of benzene rings is 2. The minimum atomic E-state index is -3.87. The SMILES string of the molecule is Cc1ccc(-c2sc(NC(=O)CC3CCOCC3)nc2C)cc1S(=O)(=O)Nc1ccccc1Cl. The molecule has 0 aliphatic carbocycles. The van der Waals surface area contributed by atoms with Crippen molar-refractivity contribution in [1.29, 1.82) is 0 Å². The van der Waals surface area contributed by atoms with E-state index in [1.807, 2.05) is 13.0 Å². The Labute approximate surface area is 208 Å². The van der Waals surface area contributed by atoms with Gasteiger partial charge in [0.2, 0.25) is 5.91 Å². The molecule has 0 radical (unpaired) electrons. The number of para-hydroxylation sites is 1. The van der Waals surface area contributed by atoms with Gasteiger partial charge in [0, 0.05) is 19.6 Å². The van der Waals surface area contributed by atoms with Crippen LogP contribution in [0.25, 0.3) is 10.4 Å². The van der Waals surface area contributed by atoms with Crippen LogP contribution < -0.4 is 10.0 Å². The van der Waals surface area contributed by atoms with Crippen molar-refractivity contribution in [1.82, 2.24) is 4.98 Å². The lowest BCUT2D eigenvalue weighted by atomic mass is 9.96. The van der Waals surface area contributed by atoms with Crippen LogP contribution in [0.2, 0.25) is 5.02 Å².